The normalized spacial score (nSPS) is 11.6. The van der Waals surface area contributed by atoms with Gasteiger partial charge < -0.3 is 4.74 Å². The van der Waals surface area contributed by atoms with E-state index >= 15 is 0 Å². The Morgan fingerprint density at radius 3 is 1.91 bits per heavy atom. The van der Waals surface area contributed by atoms with Crippen LogP contribution in [-0.4, -0.2) is 7.11 Å². The van der Waals surface area contributed by atoms with Crippen molar-refractivity contribution in [3.8, 4) is 28.0 Å². The molecule has 0 heterocycles. The van der Waals surface area contributed by atoms with Gasteiger partial charge in [0.05, 0.1) is 7.11 Å². The number of benzene rings is 3. The van der Waals surface area contributed by atoms with E-state index in [1.54, 1.807) is 7.11 Å². The first-order valence-electron chi connectivity index (χ1n) is 13.2. The first-order valence-corrected chi connectivity index (χ1v) is 13.2. The first kappa shape index (κ1) is 26.1. The molecule has 0 saturated heterocycles. The molecule has 0 amide bonds. The van der Waals surface area contributed by atoms with Crippen molar-refractivity contribution in [2.75, 3.05) is 7.11 Å². The molecule has 0 fully saturated rings. The zero-order valence-corrected chi connectivity index (χ0v) is 22.7. The Balaban J connectivity index is 2.10. The maximum absolute atomic E-state index is 5.66. The summed E-state index contributed by atoms with van der Waals surface area (Å²) in [5.74, 6) is 2.66. The van der Waals surface area contributed by atoms with Gasteiger partial charge in [0.25, 0.3) is 0 Å². The van der Waals surface area contributed by atoms with E-state index in [1.807, 2.05) is 0 Å². The minimum Gasteiger partial charge on any atom is -0.496 e. The van der Waals surface area contributed by atoms with Gasteiger partial charge in [0.1, 0.15) is 5.75 Å². The summed E-state index contributed by atoms with van der Waals surface area (Å²) >= 11 is 0. The van der Waals surface area contributed by atoms with Gasteiger partial charge in [0.15, 0.2) is 0 Å². The van der Waals surface area contributed by atoms with E-state index in [1.165, 1.54) is 50.9 Å². The Kier molecular flexibility index (Phi) is 9.00. The fourth-order valence-electron chi connectivity index (χ4n) is 5.00. The van der Waals surface area contributed by atoms with Crippen LogP contribution in [0.2, 0.25) is 0 Å². The number of ether oxygens (including phenoxy) is 1. The summed E-state index contributed by atoms with van der Waals surface area (Å²) in [6.07, 6.45) is 4.47. The summed E-state index contributed by atoms with van der Waals surface area (Å²) in [6, 6.07) is 20.9. The molecular formula is C33H44O. The highest BCUT2D eigenvalue weighted by Gasteiger charge is 2.15. The number of hydrogen-bond donors (Lipinski definition) is 0. The second kappa shape index (κ2) is 11.7. The van der Waals surface area contributed by atoms with E-state index < -0.39 is 0 Å². The molecule has 1 heteroatoms. The maximum Gasteiger partial charge on any atom is 0.122 e. The number of aryl methyl sites for hydroxylation is 1. The Labute approximate surface area is 208 Å². The van der Waals surface area contributed by atoms with E-state index in [9.17, 15) is 0 Å². The van der Waals surface area contributed by atoms with Crippen LogP contribution in [0.4, 0.5) is 0 Å². The zero-order chi connectivity index (χ0) is 24.8. The van der Waals surface area contributed by atoms with Gasteiger partial charge in [-0.15, -0.1) is 0 Å². The van der Waals surface area contributed by atoms with Gasteiger partial charge in [-0.05, 0) is 93.7 Å². The van der Waals surface area contributed by atoms with Crippen molar-refractivity contribution < 1.29 is 4.74 Å². The van der Waals surface area contributed by atoms with Crippen LogP contribution < -0.4 is 4.74 Å². The van der Waals surface area contributed by atoms with Gasteiger partial charge in [0, 0.05) is 0 Å². The Morgan fingerprint density at radius 1 is 0.676 bits per heavy atom. The van der Waals surface area contributed by atoms with Crippen molar-refractivity contribution in [1.29, 1.82) is 0 Å². The summed E-state index contributed by atoms with van der Waals surface area (Å²) in [4.78, 5) is 0. The number of rotatable bonds is 10. The van der Waals surface area contributed by atoms with Crippen LogP contribution in [0.1, 0.15) is 83.1 Å². The monoisotopic (exact) mass is 456 g/mol. The number of hydrogen-bond acceptors (Lipinski definition) is 1. The Bertz CT molecular complexity index is 1090. The third-order valence-electron chi connectivity index (χ3n) is 6.54. The highest BCUT2D eigenvalue weighted by molar-refractivity contribution is 5.76. The van der Waals surface area contributed by atoms with Crippen molar-refractivity contribution in [1.82, 2.24) is 0 Å². The predicted octanol–water partition coefficient (Wildman–Crippen LogP) is 9.50. The molecule has 0 aromatic heterocycles. The molecule has 0 spiro atoms. The van der Waals surface area contributed by atoms with Crippen LogP contribution in [0.25, 0.3) is 22.3 Å². The lowest BCUT2D eigenvalue weighted by atomic mass is 9.86. The quantitative estimate of drug-likeness (QED) is 0.295. The molecule has 1 nitrogen and oxygen atoms in total. The average molecular weight is 457 g/mol. The molecular weight excluding hydrogens is 412 g/mol. The topological polar surface area (TPSA) is 9.23 Å². The van der Waals surface area contributed by atoms with E-state index in [-0.39, 0.29) is 0 Å². The summed E-state index contributed by atoms with van der Waals surface area (Å²) in [5.41, 5.74) is 11.0. The van der Waals surface area contributed by atoms with Gasteiger partial charge in [-0.25, -0.2) is 0 Å². The molecule has 3 aromatic carbocycles. The summed E-state index contributed by atoms with van der Waals surface area (Å²) in [6.45, 7) is 16.0. The van der Waals surface area contributed by atoms with Crippen molar-refractivity contribution in [3.05, 3.63) is 76.9 Å². The minimum atomic E-state index is 0.443. The van der Waals surface area contributed by atoms with E-state index in [2.05, 4.69) is 103 Å². The lowest BCUT2D eigenvalue weighted by Gasteiger charge is -2.19. The van der Waals surface area contributed by atoms with Gasteiger partial charge in [0.2, 0.25) is 0 Å². The highest BCUT2D eigenvalue weighted by Crippen LogP contribution is 2.37. The summed E-state index contributed by atoms with van der Waals surface area (Å²) in [7, 11) is 1.77. The summed E-state index contributed by atoms with van der Waals surface area (Å²) in [5, 5.41) is 0. The molecule has 0 unspecified atom stereocenters. The third kappa shape index (κ3) is 6.32. The molecule has 3 aromatic rings. The lowest BCUT2D eigenvalue weighted by Crippen LogP contribution is -2.01. The molecule has 0 N–H and O–H groups in total. The average Bonchev–Trinajstić information content (AvgIpc) is 2.78. The van der Waals surface area contributed by atoms with Gasteiger partial charge in [-0.1, -0.05) is 97.4 Å². The van der Waals surface area contributed by atoms with Gasteiger partial charge >= 0.3 is 0 Å². The smallest absolute Gasteiger partial charge is 0.122 e. The zero-order valence-electron chi connectivity index (χ0n) is 22.7. The standard InChI is InChI=1S/C33H44O/c1-9-10-25-11-14-30(28(19-25)17-22(2)3)27-12-15-31(32(21-27)24(6)7)26-13-16-33(34-8)29(20-26)18-23(4)5/h11-16,19-24H,9-10,17-18H2,1-8H3. The highest BCUT2D eigenvalue weighted by atomic mass is 16.5. The van der Waals surface area contributed by atoms with Crippen LogP contribution in [0, 0.1) is 11.8 Å². The van der Waals surface area contributed by atoms with E-state index in [0.29, 0.717) is 17.8 Å². The Morgan fingerprint density at radius 2 is 1.29 bits per heavy atom. The number of methoxy groups -OCH3 is 1. The SMILES string of the molecule is CCCc1ccc(-c2ccc(-c3ccc(OC)c(CC(C)C)c3)c(C(C)C)c2)c(CC(C)C)c1. The largest absolute Gasteiger partial charge is 0.496 e. The first-order chi connectivity index (χ1) is 16.2. The fourth-order valence-corrected chi connectivity index (χ4v) is 5.00. The van der Waals surface area contributed by atoms with Crippen molar-refractivity contribution in [2.45, 2.75) is 80.1 Å². The molecule has 3 rings (SSSR count). The molecule has 0 aliphatic rings. The van der Waals surface area contributed by atoms with Crippen LogP contribution >= 0.6 is 0 Å². The van der Waals surface area contributed by atoms with Crippen molar-refractivity contribution in [3.63, 3.8) is 0 Å². The molecule has 0 aliphatic carbocycles. The minimum absolute atomic E-state index is 0.443. The molecule has 0 radical (unpaired) electrons. The van der Waals surface area contributed by atoms with Crippen LogP contribution in [-0.2, 0) is 19.3 Å². The second-order valence-corrected chi connectivity index (χ2v) is 10.9. The van der Waals surface area contributed by atoms with Crippen LogP contribution in [0.15, 0.2) is 54.6 Å². The fraction of sp³-hybridized carbons (Fsp3) is 0.455. The molecule has 34 heavy (non-hydrogen) atoms. The summed E-state index contributed by atoms with van der Waals surface area (Å²) < 4.78 is 5.66. The van der Waals surface area contributed by atoms with Crippen molar-refractivity contribution >= 4 is 0 Å². The molecule has 182 valence electrons. The van der Waals surface area contributed by atoms with Crippen LogP contribution in [0.5, 0.6) is 5.75 Å². The second-order valence-electron chi connectivity index (χ2n) is 10.9. The molecule has 0 bridgehead atoms. The van der Waals surface area contributed by atoms with Crippen molar-refractivity contribution in [2.24, 2.45) is 11.8 Å². The van der Waals surface area contributed by atoms with Crippen LogP contribution in [0.3, 0.4) is 0 Å². The van der Waals surface area contributed by atoms with E-state index in [0.717, 1.165) is 25.0 Å². The van der Waals surface area contributed by atoms with Gasteiger partial charge in [-0.3, -0.25) is 0 Å². The van der Waals surface area contributed by atoms with Gasteiger partial charge in [-0.2, -0.15) is 0 Å². The predicted molar refractivity (Wildman–Crippen MR) is 149 cm³/mol. The third-order valence-corrected chi connectivity index (χ3v) is 6.54. The van der Waals surface area contributed by atoms with E-state index in [4.69, 9.17) is 4.74 Å². The maximum atomic E-state index is 5.66. The molecule has 0 atom stereocenters. The lowest BCUT2D eigenvalue weighted by molar-refractivity contribution is 0.407. The molecule has 0 aliphatic heterocycles. The molecule has 0 saturated carbocycles. The Hall–Kier alpha value is -2.54.